The number of alkyl halides is 1. The molecule has 1 aliphatic rings. The predicted molar refractivity (Wildman–Crippen MR) is 125 cm³/mol. The molecule has 2 atom stereocenters. The van der Waals surface area contributed by atoms with E-state index < -0.39 is 17.6 Å². The molecule has 3 N–H and O–H groups in total. The molecule has 1 aromatic heterocycles. The lowest BCUT2D eigenvalue weighted by Crippen LogP contribution is -2.54. The third-order valence-corrected chi connectivity index (χ3v) is 6.43. The highest BCUT2D eigenvalue weighted by Crippen LogP contribution is 2.37. The van der Waals surface area contributed by atoms with Crippen LogP contribution in [-0.4, -0.2) is 46.3 Å². The van der Waals surface area contributed by atoms with E-state index >= 15 is 4.39 Å². The van der Waals surface area contributed by atoms with Crippen LogP contribution in [0.1, 0.15) is 28.8 Å². The molecule has 1 saturated heterocycles. The van der Waals surface area contributed by atoms with Gasteiger partial charge >= 0.3 is 0 Å². The summed E-state index contributed by atoms with van der Waals surface area (Å²) in [6.45, 7) is 0.501. The molecule has 2 aromatic carbocycles. The number of halogens is 2. The quantitative estimate of drug-likeness (QED) is 0.482. The van der Waals surface area contributed by atoms with Gasteiger partial charge in [0.15, 0.2) is 5.82 Å². The first-order chi connectivity index (χ1) is 16.9. The molecule has 35 heavy (non-hydrogen) atoms. The lowest BCUT2D eigenvalue weighted by Gasteiger charge is -2.43. The van der Waals surface area contributed by atoms with Crippen molar-refractivity contribution in [1.82, 2.24) is 14.7 Å². The highest BCUT2D eigenvalue weighted by atomic mass is 19.1. The fourth-order valence-electron chi connectivity index (χ4n) is 4.49. The average Bonchev–Trinajstić information content (AvgIpc) is 3.28. The van der Waals surface area contributed by atoms with E-state index in [1.165, 1.54) is 16.9 Å². The van der Waals surface area contributed by atoms with E-state index in [0.717, 1.165) is 11.1 Å². The van der Waals surface area contributed by atoms with Crippen LogP contribution in [0.25, 0.3) is 11.1 Å². The van der Waals surface area contributed by atoms with Gasteiger partial charge in [0.1, 0.15) is 23.1 Å². The van der Waals surface area contributed by atoms with Gasteiger partial charge in [-0.05, 0) is 23.6 Å². The number of carbonyl (C=O) groups is 2. The molecule has 0 bridgehead atoms. The Labute approximate surface area is 200 Å². The van der Waals surface area contributed by atoms with E-state index in [-0.39, 0.29) is 43.1 Å². The first-order valence-corrected chi connectivity index (χ1v) is 11.1. The molecule has 180 valence electrons. The molecule has 0 saturated carbocycles. The van der Waals surface area contributed by atoms with E-state index in [0.29, 0.717) is 18.5 Å². The molecule has 1 aliphatic heterocycles. The maximum absolute atomic E-state index is 15.7. The minimum Gasteiger partial charge on any atom is -0.365 e. The van der Waals surface area contributed by atoms with Crippen LogP contribution in [0.15, 0.2) is 54.7 Å². The van der Waals surface area contributed by atoms with Crippen LogP contribution in [0.4, 0.5) is 14.6 Å². The number of hydrogen-bond acceptors (Lipinski definition) is 5. The largest absolute Gasteiger partial charge is 0.365 e. The molecule has 2 unspecified atom stereocenters. The fraction of sp³-hybridized carbons (Fsp3) is 0.280. The number of primary amides is 1. The maximum atomic E-state index is 15.7. The zero-order chi connectivity index (χ0) is 25.0. The number of nitriles is 1. The third-order valence-electron chi connectivity index (χ3n) is 6.43. The monoisotopic (exact) mass is 478 g/mol. The van der Waals surface area contributed by atoms with Crippen LogP contribution >= 0.6 is 0 Å². The van der Waals surface area contributed by atoms with Gasteiger partial charge in [-0.2, -0.15) is 10.4 Å². The number of anilines is 1. The molecule has 10 heteroatoms. The smallest absolute Gasteiger partial charge is 0.254 e. The van der Waals surface area contributed by atoms with Gasteiger partial charge in [-0.1, -0.05) is 42.5 Å². The predicted octanol–water partition coefficient (Wildman–Crippen LogP) is 3.21. The minimum atomic E-state index is -1.55. The second-order valence-corrected chi connectivity index (χ2v) is 8.53. The highest BCUT2D eigenvalue weighted by Gasteiger charge is 2.46. The average molecular weight is 479 g/mol. The van der Waals surface area contributed by atoms with Crippen molar-refractivity contribution in [2.24, 2.45) is 5.73 Å². The summed E-state index contributed by atoms with van der Waals surface area (Å²) in [5, 5.41) is 15.9. The van der Waals surface area contributed by atoms with Gasteiger partial charge in [0, 0.05) is 31.4 Å². The van der Waals surface area contributed by atoms with E-state index in [1.807, 2.05) is 42.5 Å². The SMILES string of the molecule is N#CCC1(n2cc(C(N)=O)c(NC=O)n2)CCN(Cc2ccc(-c3ccccc3)cc2F)CC1F. The van der Waals surface area contributed by atoms with Crippen molar-refractivity contribution in [2.45, 2.75) is 31.1 Å². The zero-order valence-electron chi connectivity index (χ0n) is 18.8. The first kappa shape index (κ1) is 24.0. The van der Waals surface area contributed by atoms with E-state index in [1.54, 1.807) is 11.0 Å². The van der Waals surface area contributed by atoms with Crippen molar-refractivity contribution < 1.29 is 18.4 Å². The number of nitrogens with one attached hydrogen (secondary N) is 1. The van der Waals surface area contributed by atoms with Gasteiger partial charge in [-0.3, -0.25) is 19.2 Å². The molecule has 0 radical (unpaired) electrons. The Hall–Kier alpha value is -4.10. The number of piperidine rings is 1. The Kier molecular flexibility index (Phi) is 6.89. The topological polar surface area (TPSA) is 117 Å². The molecule has 0 spiro atoms. The van der Waals surface area contributed by atoms with Crippen molar-refractivity contribution in [1.29, 1.82) is 5.26 Å². The lowest BCUT2D eigenvalue weighted by atomic mass is 9.83. The van der Waals surface area contributed by atoms with Gasteiger partial charge in [-0.15, -0.1) is 0 Å². The molecule has 0 aliphatic carbocycles. The Bertz CT molecular complexity index is 1270. The molecule has 3 aromatic rings. The first-order valence-electron chi connectivity index (χ1n) is 11.1. The van der Waals surface area contributed by atoms with Crippen LogP contribution in [-0.2, 0) is 16.9 Å². The highest BCUT2D eigenvalue weighted by molar-refractivity contribution is 5.99. The van der Waals surface area contributed by atoms with E-state index in [9.17, 15) is 19.2 Å². The Morgan fingerprint density at radius 1 is 1.29 bits per heavy atom. The van der Waals surface area contributed by atoms with Gasteiger partial charge in [0.25, 0.3) is 5.91 Å². The molecule has 2 amide bonds. The standard InChI is InChI=1S/C25H24F2N6O2/c26-21-12-18(17-4-2-1-3-5-17)6-7-19(21)13-32-11-9-25(8-10-28,22(27)15-32)33-14-20(23(29)35)24(31-33)30-16-34/h1-7,12,14,16,22H,8-9,11,13,15H2,(H2,29,35)(H,30,31,34). The number of carbonyl (C=O) groups excluding carboxylic acids is 2. The van der Waals surface area contributed by atoms with Gasteiger partial charge in [0.05, 0.1) is 12.5 Å². The fourth-order valence-corrected chi connectivity index (χ4v) is 4.49. The minimum absolute atomic E-state index is 0.0657. The summed E-state index contributed by atoms with van der Waals surface area (Å²) in [4.78, 5) is 24.4. The summed E-state index contributed by atoms with van der Waals surface area (Å²) < 4.78 is 31.8. The van der Waals surface area contributed by atoms with Gasteiger partial charge < -0.3 is 11.1 Å². The number of hydrogen-bond donors (Lipinski definition) is 2. The number of benzene rings is 2. The molecular weight excluding hydrogens is 454 g/mol. The summed E-state index contributed by atoms with van der Waals surface area (Å²) >= 11 is 0. The van der Waals surface area contributed by atoms with Gasteiger partial charge in [0.2, 0.25) is 6.41 Å². The number of aromatic nitrogens is 2. The Morgan fingerprint density at radius 3 is 2.69 bits per heavy atom. The van der Waals surface area contributed by atoms with Crippen LogP contribution < -0.4 is 11.1 Å². The Morgan fingerprint density at radius 2 is 2.06 bits per heavy atom. The zero-order valence-corrected chi connectivity index (χ0v) is 18.8. The summed E-state index contributed by atoms with van der Waals surface area (Å²) in [6.07, 6.45) is 0.0279. The summed E-state index contributed by atoms with van der Waals surface area (Å²) in [7, 11) is 0. The Balaban J connectivity index is 1.54. The number of nitrogens with zero attached hydrogens (tertiary/aromatic N) is 4. The molecule has 8 nitrogen and oxygen atoms in total. The van der Waals surface area contributed by atoms with Crippen LogP contribution in [0.3, 0.4) is 0 Å². The lowest BCUT2D eigenvalue weighted by molar-refractivity contribution is -0.105. The van der Waals surface area contributed by atoms with E-state index in [4.69, 9.17) is 5.73 Å². The number of amides is 2. The van der Waals surface area contributed by atoms with Crippen molar-refractivity contribution >= 4 is 18.1 Å². The second-order valence-electron chi connectivity index (χ2n) is 8.53. The van der Waals surface area contributed by atoms with Crippen molar-refractivity contribution in [2.75, 3.05) is 18.4 Å². The molecule has 2 heterocycles. The molecule has 4 rings (SSSR count). The molecule has 1 fully saturated rings. The summed E-state index contributed by atoms with van der Waals surface area (Å²) in [5.74, 6) is -1.31. The maximum Gasteiger partial charge on any atom is 0.254 e. The van der Waals surface area contributed by atoms with Crippen molar-refractivity contribution in [3.63, 3.8) is 0 Å². The number of nitrogens with two attached hydrogens (primary N) is 1. The van der Waals surface area contributed by atoms with Crippen LogP contribution in [0.5, 0.6) is 0 Å². The summed E-state index contributed by atoms with van der Waals surface area (Å²) in [6, 6.07) is 16.5. The van der Waals surface area contributed by atoms with Crippen LogP contribution in [0.2, 0.25) is 0 Å². The molecular formula is C25H24F2N6O2. The third kappa shape index (κ3) is 4.76. The second kappa shape index (κ2) is 10.0. The number of likely N-dealkylation sites (tertiary alicyclic amines) is 1. The van der Waals surface area contributed by atoms with Gasteiger partial charge in [-0.25, -0.2) is 8.78 Å². The normalized spacial score (nSPS) is 20.2. The van der Waals surface area contributed by atoms with E-state index in [2.05, 4.69) is 10.4 Å². The van der Waals surface area contributed by atoms with Crippen LogP contribution in [0, 0.1) is 17.1 Å². The number of rotatable bonds is 8. The summed E-state index contributed by atoms with van der Waals surface area (Å²) in [5.41, 5.74) is 6.03. The van der Waals surface area contributed by atoms with Crippen molar-refractivity contribution in [3.05, 3.63) is 71.7 Å². The van der Waals surface area contributed by atoms with Crippen molar-refractivity contribution in [3.8, 4) is 17.2 Å².